The topological polar surface area (TPSA) is 304 Å². The lowest BCUT2D eigenvalue weighted by Crippen LogP contribution is -2.62. The molecule has 0 aliphatic carbocycles. The molecule has 1 aromatic rings. The Hall–Kier alpha value is -5.30. The molecule has 2 aliphatic rings. The van der Waals surface area contributed by atoms with Crippen molar-refractivity contribution in [3.63, 3.8) is 0 Å². The second-order valence-corrected chi connectivity index (χ2v) is 14.3. The summed E-state index contributed by atoms with van der Waals surface area (Å²) >= 11 is 0. The van der Waals surface area contributed by atoms with E-state index in [1.165, 1.54) is 35.8 Å². The molecule has 2 saturated heterocycles. The molecule has 3 rings (SSSR count). The van der Waals surface area contributed by atoms with E-state index in [4.69, 9.17) is 11.5 Å². The van der Waals surface area contributed by atoms with Gasteiger partial charge < -0.3 is 57.9 Å². The van der Waals surface area contributed by atoms with Crippen LogP contribution in [0.3, 0.4) is 0 Å². The van der Waals surface area contributed by atoms with E-state index in [1.807, 2.05) is 0 Å². The van der Waals surface area contributed by atoms with E-state index in [1.54, 1.807) is 32.9 Å². The van der Waals surface area contributed by atoms with Gasteiger partial charge in [0.15, 0.2) is 0 Å². The average molecular weight is 761 g/mol. The first kappa shape index (κ1) is 43.1. The fourth-order valence-electron chi connectivity index (χ4n) is 6.55. The number of phenolic OH excluding ortho intramolecular Hbond substituents is 1. The lowest BCUT2D eigenvalue weighted by atomic mass is 10.00. The number of benzene rings is 1. The molecule has 1 unspecified atom stereocenters. The molecule has 0 radical (unpaired) electrons. The number of phenols is 1. The number of amides is 7. The maximum atomic E-state index is 13.7. The van der Waals surface area contributed by atoms with Gasteiger partial charge in [-0.2, -0.15) is 0 Å². The van der Waals surface area contributed by atoms with E-state index < -0.39 is 108 Å². The number of hydrogen-bond donors (Lipinski definition) is 9. The Kier molecular flexibility index (Phi) is 14.9. The van der Waals surface area contributed by atoms with Crippen molar-refractivity contribution in [1.29, 1.82) is 0 Å². The quantitative estimate of drug-likeness (QED) is 0.0733. The van der Waals surface area contributed by atoms with E-state index in [9.17, 15) is 53.7 Å². The van der Waals surface area contributed by atoms with Crippen LogP contribution in [0.25, 0.3) is 0 Å². The average Bonchev–Trinajstić information content (AvgIpc) is 3.57. The Morgan fingerprint density at radius 3 is 2.02 bits per heavy atom. The molecule has 0 spiro atoms. The summed E-state index contributed by atoms with van der Waals surface area (Å²) in [5, 5.41) is 39.6. The minimum absolute atomic E-state index is 0.000628. The number of likely N-dealkylation sites (tertiary alicyclic amines) is 2. The molecule has 0 saturated carbocycles. The molecule has 19 nitrogen and oxygen atoms in total. The standard InChI is InChI=1S/C35H52N8O11/c1-16(2)28(33(52)38-23(10-11-27(47)48)31(50)39-24-12-17(3)43(35(24)54)18(4)30(37)49)40-34(53)29(19(5)44)41-32(51)25(42-15-21(36)14-26(42)46)13-20-6-8-22(45)9-7-20/h6-9,16-19,21,23-25,28-29,44-45H,10-15,36H2,1-5H3,(H2,37,49)(H,38,52)(H,39,50)(H,40,53)(H,41,51)(H,47,48)/t17?,18-,19-,21-,23-,24-,25-,28-,29-/m1/s1. The first-order valence-electron chi connectivity index (χ1n) is 17.8. The molecule has 2 heterocycles. The molecule has 54 heavy (non-hydrogen) atoms. The van der Waals surface area contributed by atoms with Crippen LogP contribution in [0.15, 0.2) is 24.3 Å². The minimum atomic E-state index is -1.62. The second kappa shape index (κ2) is 18.6. The predicted molar refractivity (Wildman–Crippen MR) is 191 cm³/mol. The minimum Gasteiger partial charge on any atom is -0.508 e. The number of nitrogens with one attached hydrogen (secondary N) is 4. The monoisotopic (exact) mass is 760 g/mol. The third-order valence-electron chi connectivity index (χ3n) is 9.57. The number of aliphatic hydroxyl groups is 1. The summed E-state index contributed by atoms with van der Waals surface area (Å²) in [5.74, 6) is -7.14. The van der Waals surface area contributed by atoms with Crippen molar-refractivity contribution >= 4 is 47.3 Å². The van der Waals surface area contributed by atoms with Crippen molar-refractivity contribution in [3.8, 4) is 5.75 Å². The van der Waals surface area contributed by atoms with Crippen LogP contribution in [0.4, 0.5) is 0 Å². The van der Waals surface area contributed by atoms with Crippen LogP contribution in [-0.2, 0) is 44.8 Å². The summed E-state index contributed by atoms with van der Waals surface area (Å²) in [7, 11) is 0. The normalized spacial score (nSPS) is 21.8. The summed E-state index contributed by atoms with van der Waals surface area (Å²) < 4.78 is 0. The molecule has 9 atom stereocenters. The van der Waals surface area contributed by atoms with Crippen LogP contribution in [0.5, 0.6) is 5.75 Å². The van der Waals surface area contributed by atoms with Gasteiger partial charge in [0.1, 0.15) is 42.0 Å². The zero-order valence-electron chi connectivity index (χ0n) is 31.0. The molecular weight excluding hydrogens is 708 g/mol. The number of aliphatic hydroxyl groups excluding tert-OH is 1. The molecule has 1 aromatic carbocycles. The van der Waals surface area contributed by atoms with E-state index >= 15 is 0 Å². The van der Waals surface area contributed by atoms with Gasteiger partial charge in [-0.05, 0) is 57.2 Å². The van der Waals surface area contributed by atoms with Gasteiger partial charge in [-0.3, -0.25) is 38.4 Å². The molecule has 0 aromatic heterocycles. The molecule has 19 heteroatoms. The number of aromatic hydroxyl groups is 1. The van der Waals surface area contributed by atoms with Gasteiger partial charge in [0, 0.05) is 37.9 Å². The maximum absolute atomic E-state index is 13.7. The Morgan fingerprint density at radius 1 is 0.907 bits per heavy atom. The number of aliphatic carboxylic acids is 1. The van der Waals surface area contributed by atoms with E-state index in [-0.39, 0.29) is 43.9 Å². The van der Waals surface area contributed by atoms with Crippen molar-refractivity contribution in [2.24, 2.45) is 17.4 Å². The largest absolute Gasteiger partial charge is 0.508 e. The van der Waals surface area contributed by atoms with Crippen LogP contribution in [0.2, 0.25) is 0 Å². The SMILES string of the molecule is CC(C)[C@@H](NC(=O)[C@H](NC(=O)[C@@H](Cc1ccc(O)cc1)N1C[C@H](N)CC1=O)[C@@H](C)O)C(=O)N[C@H](CCC(=O)O)C(=O)N[C@@H]1CC(C)N([C@H](C)C(N)=O)C1=O. The van der Waals surface area contributed by atoms with E-state index in [0.29, 0.717) is 5.56 Å². The first-order chi connectivity index (χ1) is 25.2. The van der Waals surface area contributed by atoms with Gasteiger partial charge in [-0.1, -0.05) is 26.0 Å². The number of nitrogens with zero attached hydrogens (tertiary/aromatic N) is 2. The third kappa shape index (κ3) is 11.1. The zero-order chi connectivity index (χ0) is 40.6. The van der Waals surface area contributed by atoms with Crippen LogP contribution in [0, 0.1) is 5.92 Å². The van der Waals surface area contributed by atoms with Crippen LogP contribution in [-0.4, -0.2) is 133 Å². The number of carboxylic acid groups (broad SMARTS) is 1. The molecule has 2 aliphatic heterocycles. The number of carbonyl (C=O) groups excluding carboxylic acids is 7. The zero-order valence-corrected chi connectivity index (χ0v) is 31.0. The first-order valence-corrected chi connectivity index (χ1v) is 17.8. The fraction of sp³-hybridized carbons (Fsp3) is 0.600. The second-order valence-electron chi connectivity index (χ2n) is 14.3. The number of primary amides is 1. The Bertz CT molecular complexity index is 1590. The lowest BCUT2D eigenvalue weighted by molar-refractivity contribution is -0.141. The molecule has 298 valence electrons. The summed E-state index contributed by atoms with van der Waals surface area (Å²) in [6.07, 6.45) is -2.30. The van der Waals surface area contributed by atoms with Gasteiger partial charge in [-0.15, -0.1) is 0 Å². The number of carboxylic acids is 1. The highest BCUT2D eigenvalue weighted by Crippen LogP contribution is 2.23. The Labute approximate surface area is 312 Å². The fourth-order valence-corrected chi connectivity index (χ4v) is 6.55. The van der Waals surface area contributed by atoms with Crippen LogP contribution in [0.1, 0.15) is 65.9 Å². The predicted octanol–water partition coefficient (Wildman–Crippen LogP) is -2.80. The van der Waals surface area contributed by atoms with E-state index in [0.717, 1.165) is 0 Å². The summed E-state index contributed by atoms with van der Waals surface area (Å²) in [5.41, 5.74) is 11.9. The van der Waals surface area contributed by atoms with Gasteiger partial charge >= 0.3 is 5.97 Å². The summed E-state index contributed by atoms with van der Waals surface area (Å²) in [6, 6.07) is -2.66. The Balaban J connectivity index is 1.77. The summed E-state index contributed by atoms with van der Waals surface area (Å²) in [4.78, 5) is 106. The Morgan fingerprint density at radius 2 is 1.50 bits per heavy atom. The van der Waals surface area contributed by atoms with Crippen molar-refractivity contribution in [2.45, 2.75) is 121 Å². The molecule has 0 bridgehead atoms. The highest BCUT2D eigenvalue weighted by Gasteiger charge is 2.43. The number of carbonyl (C=O) groups is 8. The van der Waals surface area contributed by atoms with Gasteiger partial charge in [0.25, 0.3) is 0 Å². The smallest absolute Gasteiger partial charge is 0.303 e. The van der Waals surface area contributed by atoms with Crippen molar-refractivity contribution < 1.29 is 53.7 Å². The van der Waals surface area contributed by atoms with Crippen LogP contribution >= 0.6 is 0 Å². The number of rotatable bonds is 18. The lowest BCUT2D eigenvalue weighted by Gasteiger charge is -2.31. The highest BCUT2D eigenvalue weighted by molar-refractivity contribution is 5.98. The van der Waals surface area contributed by atoms with Crippen molar-refractivity contribution in [1.82, 2.24) is 31.1 Å². The van der Waals surface area contributed by atoms with Crippen molar-refractivity contribution in [2.75, 3.05) is 6.54 Å². The van der Waals surface area contributed by atoms with E-state index in [2.05, 4.69) is 21.3 Å². The van der Waals surface area contributed by atoms with Crippen LogP contribution < -0.4 is 32.7 Å². The molecular formula is C35H52N8O11. The third-order valence-corrected chi connectivity index (χ3v) is 9.57. The molecule has 2 fully saturated rings. The summed E-state index contributed by atoms with van der Waals surface area (Å²) in [6.45, 7) is 7.58. The maximum Gasteiger partial charge on any atom is 0.303 e. The highest BCUT2D eigenvalue weighted by atomic mass is 16.4. The van der Waals surface area contributed by atoms with Gasteiger partial charge in [0.2, 0.25) is 41.4 Å². The van der Waals surface area contributed by atoms with Gasteiger partial charge in [0.05, 0.1) is 6.10 Å². The molecule has 11 N–H and O–H groups in total. The van der Waals surface area contributed by atoms with Crippen molar-refractivity contribution in [3.05, 3.63) is 29.8 Å². The number of hydrogen-bond acceptors (Lipinski definition) is 11. The number of nitrogens with two attached hydrogens (primary N) is 2. The van der Waals surface area contributed by atoms with Gasteiger partial charge in [-0.25, -0.2) is 0 Å². The molecule has 7 amide bonds.